The molecule has 4 rings (SSSR count). The Morgan fingerprint density at radius 3 is 2.79 bits per heavy atom. The maximum absolute atomic E-state index is 12.6. The first kappa shape index (κ1) is 19.1. The monoisotopic (exact) mass is 408 g/mol. The molecule has 3 heterocycles. The number of H-pyrrole nitrogens is 1. The second-order valence-electron chi connectivity index (χ2n) is 6.91. The molecule has 0 unspecified atom stereocenters. The zero-order valence-corrected chi connectivity index (χ0v) is 16.9. The largest absolute Gasteiger partial charge is 0.464 e. The van der Waals surface area contributed by atoms with Gasteiger partial charge in [0.25, 0.3) is 5.56 Å². The number of nitrogens with zero attached hydrogens (tertiary/aromatic N) is 2. The van der Waals surface area contributed by atoms with Gasteiger partial charge in [0.05, 0.1) is 24.7 Å². The summed E-state index contributed by atoms with van der Waals surface area (Å²) in [5, 5.41) is 5.26. The molecule has 8 heteroatoms. The van der Waals surface area contributed by atoms with Crippen molar-refractivity contribution in [2.45, 2.75) is 13.5 Å². The molecule has 2 N–H and O–H groups in total. The second-order valence-corrected chi connectivity index (χ2v) is 7.76. The van der Waals surface area contributed by atoms with E-state index in [4.69, 9.17) is 4.42 Å². The van der Waals surface area contributed by atoms with Gasteiger partial charge >= 0.3 is 0 Å². The van der Waals surface area contributed by atoms with Crippen LogP contribution in [0.3, 0.4) is 0 Å². The van der Waals surface area contributed by atoms with Gasteiger partial charge in [0.1, 0.15) is 16.4 Å². The predicted octanol–water partition coefficient (Wildman–Crippen LogP) is 3.62. The van der Waals surface area contributed by atoms with Crippen LogP contribution in [0.4, 0.5) is 5.69 Å². The maximum Gasteiger partial charge on any atom is 0.260 e. The van der Waals surface area contributed by atoms with Gasteiger partial charge in [0.15, 0.2) is 0 Å². The molecule has 148 valence electrons. The number of thiophene rings is 1. The lowest BCUT2D eigenvalue weighted by Gasteiger charge is -2.15. The molecule has 0 spiro atoms. The Bertz CT molecular complexity index is 1190. The number of nitrogens with one attached hydrogen (secondary N) is 2. The molecule has 4 aromatic rings. The van der Waals surface area contributed by atoms with Gasteiger partial charge < -0.3 is 14.7 Å². The summed E-state index contributed by atoms with van der Waals surface area (Å²) in [5.41, 5.74) is 2.41. The molecule has 0 bridgehead atoms. The molecule has 7 nitrogen and oxygen atoms in total. The number of fused-ring (bicyclic) bond motifs is 1. The number of amides is 1. The molecule has 0 aliphatic rings. The summed E-state index contributed by atoms with van der Waals surface area (Å²) in [6, 6.07) is 11.2. The lowest BCUT2D eigenvalue weighted by atomic mass is 10.2. The van der Waals surface area contributed by atoms with Gasteiger partial charge in [-0.3, -0.25) is 14.5 Å². The molecule has 0 aliphatic carbocycles. The Morgan fingerprint density at radius 1 is 1.28 bits per heavy atom. The second kappa shape index (κ2) is 8.02. The number of carbonyl (C=O) groups excluding carboxylic acids is 1. The highest BCUT2D eigenvalue weighted by atomic mass is 32.1. The van der Waals surface area contributed by atoms with Crippen LogP contribution in [0.5, 0.6) is 0 Å². The van der Waals surface area contributed by atoms with Gasteiger partial charge in [0.2, 0.25) is 5.91 Å². The van der Waals surface area contributed by atoms with Crippen LogP contribution in [0, 0.1) is 6.92 Å². The molecule has 29 heavy (non-hydrogen) atoms. The highest BCUT2D eigenvalue weighted by molar-refractivity contribution is 7.17. The highest BCUT2D eigenvalue weighted by Gasteiger charge is 2.16. The Hall–Kier alpha value is -3.23. The van der Waals surface area contributed by atoms with Crippen LogP contribution in [0.25, 0.3) is 21.5 Å². The minimum atomic E-state index is -0.213. The maximum atomic E-state index is 12.6. The predicted molar refractivity (Wildman–Crippen MR) is 114 cm³/mol. The molecule has 1 aromatic carbocycles. The van der Waals surface area contributed by atoms with Crippen molar-refractivity contribution in [3.63, 3.8) is 0 Å². The average molecular weight is 408 g/mol. The summed E-state index contributed by atoms with van der Waals surface area (Å²) < 4.78 is 5.41. The Kier molecular flexibility index (Phi) is 5.28. The third-order valence-electron chi connectivity index (χ3n) is 4.45. The molecule has 0 radical (unpaired) electrons. The lowest BCUT2D eigenvalue weighted by Crippen LogP contribution is -2.31. The van der Waals surface area contributed by atoms with E-state index < -0.39 is 0 Å². The Labute approximate surface area is 171 Å². The minimum Gasteiger partial charge on any atom is -0.464 e. The van der Waals surface area contributed by atoms with Crippen molar-refractivity contribution in [1.82, 2.24) is 14.9 Å². The van der Waals surface area contributed by atoms with Crippen LogP contribution in [-0.2, 0) is 11.3 Å². The number of aryl methyl sites for hydroxylation is 1. The van der Waals surface area contributed by atoms with Crippen molar-refractivity contribution in [2.24, 2.45) is 0 Å². The Morgan fingerprint density at radius 2 is 2.07 bits per heavy atom. The average Bonchev–Trinajstić information content (AvgIpc) is 3.32. The van der Waals surface area contributed by atoms with E-state index in [0.29, 0.717) is 28.3 Å². The summed E-state index contributed by atoms with van der Waals surface area (Å²) in [6.45, 7) is 2.52. The summed E-state index contributed by atoms with van der Waals surface area (Å²) in [7, 11) is 1.81. The third-order valence-corrected chi connectivity index (χ3v) is 5.32. The van der Waals surface area contributed by atoms with E-state index >= 15 is 0 Å². The first-order valence-corrected chi connectivity index (χ1v) is 9.97. The van der Waals surface area contributed by atoms with Gasteiger partial charge in [-0.25, -0.2) is 4.98 Å². The van der Waals surface area contributed by atoms with Gasteiger partial charge in [-0.05, 0) is 38.2 Å². The van der Waals surface area contributed by atoms with Crippen LogP contribution < -0.4 is 10.9 Å². The van der Waals surface area contributed by atoms with Crippen LogP contribution >= 0.6 is 11.3 Å². The molecule has 1 amide bonds. The molecular formula is C21H20N4O3S. The topological polar surface area (TPSA) is 91.2 Å². The number of aromatic nitrogens is 2. The first-order chi connectivity index (χ1) is 14.0. The zero-order chi connectivity index (χ0) is 20.4. The van der Waals surface area contributed by atoms with Crippen molar-refractivity contribution in [3.05, 3.63) is 69.8 Å². The van der Waals surface area contributed by atoms with Gasteiger partial charge in [0, 0.05) is 16.6 Å². The fraction of sp³-hybridized carbons (Fsp3) is 0.190. The van der Waals surface area contributed by atoms with E-state index in [2.05, 4.69) is 15.3 Å². The molecule has 0 aliphatic heterocycles. The summed E-state index contributed by atoms with van der Waals surface area (Å²) in [6.07, 6.45) is 1.57. The van der Waals surface area contributed by atoms with Crippen LogP contribution in [0.15, 0.2) is 57.3 Å². The van der Waals surface area contributed by atoms with E-state index in [-0.39, 0.29) is 18.0 Å². The first-order valence-electron chi connectivity index (χ1n) is 9.09. The fourth-order valence-corrected chi connectivity index (χ4v) is 4.02. The number of anilines is 1. The quantitative estimate of drug-likeness (QED) is 0.508. The van der Waals surface area contributed by atoms with Crippen molar-refractivity contribution < 1.29 is 9.21 Å². The van der Waals surface area contributed by atoms with E-state index in [9.17, 15) is 9.59 Å². The van der Waals surface area contributed by atoms with E-state index in [1.165, 1.54) is 11.3 Å². The van der Waals surface area contributed by atoms with Crippen molar-refractivity contribution in [2.75, 3.05) is 18.9 Å². The number of hydrogen-bond acceptors (Lipinski definition) is 6. The minimum absolute atomic E-state index is 0.129. The lowest BCUT2D eigenvalue weighted by molar-refractivity contribution is -0.117. The zero-order valence-electron chi connectivity index (χ0n) is 16.1. The smallest absolute Gasteiger partial charge is 0.260 e. The molecule has 0 fully saturated rings. The van der Waals surface area contributed by atoms with E-state index in [0.717, 1.165) is 16.8 Å². The van der Waals surface area contributed by atoms with E-state index in [1.807, 2.05) is 49.7 Å². The van der Waals surface area contributed by atoms with Crippen molar-refractivity contribution >= 4 is 33.1 Å². The SMILES string of the molecule is Cc1ccc(NC(=O)CN(C)Cc2nc3scc(-c4ccco4)c3c(=O)[nH]2)cc1. The molecule has 3 aromatic heterocycles. The summed E-state index contributed by atoms with van der Waals surface area (Å²) in [4.78, 5) is 34.7. The van der Waals surface area contributed by atoms with Crippen LogP contribution in [-0.4, -0.2) is 34.4 Å². The number of benzene rings is 1. The number of rotatable bonds is 6. The highest BCUT2D eigenvalue weighted by Crippen LogP contribution is 2.30. The van der Waals surface area contributed by atoms with E-state index in [1.54, 1.807) is 17.2 Å². The number of furan rings is 1. The fourth-order valence-electron chi connectivity index (χ4n) is 3.08. The van der Waals surface area contributed by atoms with Crippen molar-refractivity contribution in [1.29, 1.82) is 0 Å². The third kappa shape index (κ3) is 4.28. The van der Waals surface area contributed by atoms with Gasteiger partial charge in [-0.1, -0.05) is 17.7 Å². The normalized spacial score (nSPS) is 11.3. The molecule has 0 saturated carbocycles. The van der Waals surface area contributed by atoms with Gasteiger partial charge in [-0.15, -0.1) is 11.3 Å². The number of carbonyl (C=O) groups is 1. The number of likely N-dealkylation sites (N-methyl/N-ethyl adjacent to an activating group) is 1. The molecule has 0 saturated heterocycles. The van der Waals surface area contributed by atoms with Crippen LogP contribution in [0.2, 0.25) is 0 Å². The van der Waals surface area contributed by atoms with Crippen molar-refractivity contribution in [3.8, 4) is 11.3 Å². The summed E-state index contributed by atoms with van der Waals surface area (Å²) in [5.74, 6) is 1.03. The standard InChI is InChI=1S/C21H20N4O3S/c1-13-5-7-14(8-6-13)22-18(26)11-25(2)10-17-23-20(27)19-15(12-29-21(19)24-17)16-4-3-9-28-16/h3-9,12H,10-11H2,1-2H3,(H,22,26)(H,23,24,27). The summed E-state index contributed by atoms with van der Waals surface area (Å²) >= 11 is 1.40. The Balaban J connectivity index is 1.45. The molecule has 0 atom stereocenters. The van der Waals surface area contributed by atoms with Gasteiger partial charge in [-0.2, -0.15) is 0 Å². The molecular weight excluding hydrogens is 388 g/mol. The number of aromatic amines is 1. The number of hydrogen-bond donors (Lipinski definition) is 2. The van der Waals surface area contributed by atoms with Crippen LogP contribution in [0.1, 0.15) is 11.4 Å².